The van der Waals surface area contributed by atoms with Gasteiger partial charge >= 0.3 is 0 Å². The van der Waals surface area contributed by atoms with Gasteiger partial charge in [-0.2, -0.15) is 5.10 Å². The lowest BCUT2D eigenvalue weighted by atomic mass is 9.84. The van der Waals surface area contributed by atoms with E-state index in [1.165, 1.54) is 18.5 Å². The van der Waals surface area contributed by atoms with Crippen LogP contribution >= 0.6 is 0 Å². The van der Waals surface area contributed by atoms with Crippen LogP contribution in [0.15, 0.2) is 42.6 Å². The van der Waals surface area contributed by atoms with Gasteiger partial charge in [0.25, 0.3) is 5.91 Å². The van der Waals surface area contributed by atoms with E-state index in [1.54, 1.807) is 4.68 Å². The summed E-state index contributed by atoms with van der Waals surface area (Å²) in [5.41, 5.74) is 1.82. The Bertz CT molecular complexity index is 762. The van der Waals surface area contributed by atoms with Crippen molar-refractivity contribution < 1.29 is 4.79 Å². The maximum Gasteiger partial charge on any atom is 0.274 e. The first-order valence-electron chi connectivity index (χ1n) is 11.0. The second kappa shape index (κ2) is 10.1. The average Bonchev–Trinajstić information content (AvgIpc) is 3.17. The molecule has 1 aromatic carbocycles. The van der Waals surface area contributed by atoms with Gasteiger partial charge in [0.15, 0.2) is 0 Å². The fourth-order valence-corrected chi connectivity index (χ4v) is 4.34. The second-order valence-corrected chi connectivity index (χ2v) is 8.91. The third kappa shape index (κ3) is 5.92. The molecule has 0 N–H and O–H groups in total. The highest BCUT2D eigenvalue weighted by molar-refractivity contribution is 5.92. The van der Waals surface area contributed by atoms with Gasteiger partial charge in [-0.05, 0) is 68.8 Å². The van der Waals surface area contributed by atoms with E-state index in [1.807, 2.05) is 31.3 Å². The number of nitrogens with zero attached hydrogens (tertiary/aromatic N) is 4. The van der Waals surface area contributed by atoms with Crippen LogP contribution in [-0.4, -0.2) is 58.2 Å². The molecular formula is C24H36N4O. The third-order valence-corrected chi connectivity index (χ3v) is 6.24. The van der Waals surface area contributed by atoms with Crippen molar-refractivity contribution in [2.45, 2.75) is 45.6 Å². The molecule has 2 aromatic rings. The molecule has 1 amide bonds. The monoisotopic (exact) mass is 396 g/mol. The number of carbonyl (C=O) groups is 1. The number of aromatic nitrogens is 2. The summed E-state index contributed by atoms with van der Waals surface area (Å²) >= 11 is 0. The van der Waals surface area contributed by atoms with E-state index in [4.69, 9.17) is 0 Å². The summed E-state index contributed by atoms with van der Waals surface area (Å²) in [6.07, 6.45) is 6.29. The molecule has 0 bridgehead atoms. The van der Waals surface area contributed by atoms with Crippen LogP contribution in [0.4, 0.5) is 0 Å². The lowest BCUT2D eigenvalue weighted by Crippen LogP contribution is -2.47. The number of amides is 1. The number of hydrogen-bond donors (Lipinski definition) is 0. The normalized spacial score (nSPS) is 16.9. The van der Waals surface area contributed by atoms with E-state index in [-0.39, 0.29) is 11.9 Å². The van der Waals surface area contributed by atoms with Gasteiger partial charge in [0.05, 0.1) is 0 Å². The number of likely N-dealkylation sites (tertiary alicyclic amines) is 1. The Kier molecular flexibility index (Phi) is 7.48. The van der Waals surface area contributed by atoms with Crippen molar-refractivity contribution >= 4 is 5.91 Å². The SMILES string of the molecule is CC(C)CCN1CCC(C(Cc2ccccc2)N(C)C(=O)c2ccn(C)n2)CC1. The highest BCUT2D eigenvalue weighted by Crippen LogP contribution is 2.27. The van der Waals surface area contributed by atoms with Crippen LogP contribution in [0.2, 0.25) is 0 Å². The molecule has 1 unspecified atom stereocenters. The number of piperidine rings is 1. The van der Waals surface area contributed by atoms with Crippen molar-refractivity contribution in [2.24, 2.45) is 18.9 Å². The van der Waals surface area contributed by atoms with Gasteiger partial charge in [-0.3, -0.25) is 9.48 Å². The molecule has 1 saturated heterocycles. The van der Waals surface area contributed by atoms with Crippen molar-refractivity contribution in [1.29, 1.82) is 0 Å². The van der Waals surface area contributed by atoms with Crippen LogP contribution in [0, 0.1) is 11.8 Å². The topological polar surface area (TPSA) is 41.4 Å². The minimum absolute atomic E-state index is 0.0220. The van der Waals surface area contributed by atoms with Crippen LogP contribution in [0.5, 0.6) is 0 Å². The first kappa shape index (κ1) is 21.6. The minimum atomic E-state index is 0.0220. The Morgan fingerprint density at radius 1 is 1.17 bits per heavy atom. The van der Waals surface area contributed by atoms with Crippen LogP contribution in [-0.2, 0) is 13.5 Å². The average molecular weight is 397 g/mol. The summed E-state index contributed by atoms with van der Waals surface area (Å²) in [4.78, 5) is 17.7. The zero-order valence-corrected chi connectivity index (χ0v) is 18.4. The lowest BCUT2D eigenvalue weighted by Gasteiger charge is -2.40. The number of carbonyl (C=O) groups excluding carboxylic acids is 1. The quantitative estimate of drug-likeness (QED) is 0.680. The second-order valence-electron chi connectivity index (χ2n) is 8.91. The molecule has 5 heteroatoms. The first-order chi connectivity index (χ1) is 13.9. The molecule has 3 rings (SSSR count). The molecule has 0 radical (unpaired) electrons. The van der Waals surface area contributed by atoms with Gasteiger partial charge in [0.2, 0.25) is 0 Å². The molecule has 1 aliphatic heterocycles. The van der Waals surface area contributed by atoms with E-state index < -0.39 is 0 Å². The molecule has 5 nitrogen and oxygen atoms in total. The molecule has 1 aromatic heterocycles. The summed E-state index contributed by atoms with van der Waals surface area (Å²) in [6, 6.07) is 12.6. The van der Waals surface area contributed by atoms with Gasteiger partial charge in [-0.1, -0.05) is 44.2 Å². The Balaban J connectivity index is 1.70. The van der Waals surface area contributed by atoms with Crippen molar-refractivity contribution in [3.63, 3.8) is 0 Å². The fourth-order valence-electron chi connectivity index (χ4n) is 4.34. The fraction of sp³-hybridized carbons (Fsp3) is 0.583. The molecule has 0 spiro atoms. The number of hydrogen-bond acceptors (Lipinski definition) is 3. The van der Waals surface area contributed by atoms with Gasteiger partial charge in [0.1, 0.15) is 5.69 Å². The molecule has 29 heavy (non-hydrogen) atoms. The summed E-state index contributed by atoms with van der Waals surface area (Å²) in [6.45, 7) is 8.04. The Morgan fingerprint density at radius 2 is 1.86 bits per heavy atom. The lowest BCUT2D eigenvalue weighted by molar-refractivity contribution is 0.0581. The van der Waals surface area contributed by atoms with Gasteiger partial charge < -0.3 is 9.80 Å². The van der Waals surface area contributed by atoms with Crippen molar-refractivity contribution in [3.05, 3.63) is 53.9 Å². The number of rotatable bonds is 8. The van der Waals surface area contributed by atoms with Crippen molar-refractivity contribution in [1.82, 2.24) is 19.6 Å². The van der Waals surface area contributed by atoms with E-state index in [9.17, 15) is 4.79 Å². The van der Waals surface area contributed by atoms with E-state index in [0.29, 0.717) is 11.6 Å². The first-order valence-corrected chi connectivity index (χ1v) is 11.0. The molecule has 1 fully saturated rings. The highest BCUT2D eigenvalue weighted by atomic mass is 16.2. The maximum absolute atomic E-state index is 13.1. The molecule has 2 heterocycles. The summed E-state index contributed by atoms with van der Waals surface area (Å²) in [5, 5.41) is 4.34. The molecule has 158 valence electrons. The third-order valence-electron chi connectivity index (χ3n) is 6.24. The summed E-state index contributed by atoms with van der Waals surface area (Å²) in [7, 11) is 3.81. The molecular weight excluding hydrogens is 360 g/mol. The zero-order valence-electron chi connectivity index (χ0n) is 18.4. The largest absolute Gasteiger partial charge is 0.337 e. The highest BCUT2D eigenvalue weighted by Gasteiger charge is 2.32. The van der Waals surface area contributed by atoms with Gasteiger partial charge in [-0.25, -0.2) is 0 Å². The number of likely N-dealkylation sites (N-methyl/N-ethyl adjacent to an activating group) is 1. The van der Waals surface area contributed by atoms with Gasteiger partial charge in [0, 0.05) is 26.3 Å². The van der Waals surface area contributed by atoms with Crippen LogP contribution in [0.3, 0.4) is 0 Å². The molecule has 0 aliphatic carbocycles. The number of aryl methyl sites for hydroxylation is 1. The predicted molar refractivity (Wildman–Crippen MR) is 118 cm³/mol. The molecule has 1 aliphatic rings. The van der Waals surface area contributed by atoms with E-state index in [0.717, 1.165) is 38.3 Å². The van der Waals surface area contributed by atoms with E-state index >= 15 is 0 Å². The van der Waals surface area contributed by atoms with Crippen LogP contribution < -0.4 is 0 Å². The molecule has 0 saturated carbocycles. The van der Waals surface area contributed by atoms with Gasteiger partial charge in [-0.15, -0.1) is 0 Å². The Labute approximate surface area is 175 Å². The smallest absolute Gasteiger partial charge is 0.274 e. The Hall–Kier alpha value is -2.14. The van der Waals surface area contributed by atoms with Crippen molar-refractivity contribution in [2.75, 3.05) is 26.7 Å². The Morgan fingerprint density at radius 3 is 2.45 bits per heavy atom. The maximum atomic E-state index is 13.1. The minimum Gasteiger partial charge on any atom is -0.337 e. The van der Waals surface area contributed by atoms with E-state index in [2.05, 4.69) is 54.2 Å². The standard InChI is InChI=1S/C24H36N4O/c1-19(2)10-15-28-16-11-21(12-17-28)23(18-20-8-6-5-7-9-20)27(4)24(29)22-13-14-26(3)25-22/h5-9,13-14,19,21,23H,10-12,15-18H2,1-4H3. The van der Waals surface area contributed by atoms with Crippen LogP contribution in [0.1, 0.15) is 49.2 Å². The predicted octanol–water partition coefficient (Wildman–Crippen LogP) is 3.86. The number of benzene rings is 1. The summed E-state index contributed by atoms with van der Waals surface area (Å²) < 4.78 is 1.69. The van der Waals surface area contributed by atoms with Crippen LogP contribution in [0.25, 0.3) is 0 Å². The molecule has 1 atom stereocenters. The van der Waals surface area contributed by atoms with Crippen molar-refractivity contribution in [3.8, 4) is 0 Å². The zero-order chi connectivity index (χ0) is 20.8. The summed E-state index contributed by atoms with van der Waals surface area (Å²) in [5.74, 6) is 1.29.